The molecule has 6 heteroatoms. The van der Waals surface area contributed by atoms with Crippen molar-refractivity contribution in [3.63, 3.8) is 0 Å². The molecular formula is C12H16Cl2N2O2. The Morgan fingerprint density at radius 1 is 1.44 bits per heavy atom. The predicted molar refractivity (Wildman–Crippen MR) is 74.3 cm³/mol. The molecule has 0 aromatic heterocycles. The molecule has 18 heavy (non-hydrogen) atoms. The average Bonchev–Trinajstić information content (AvgIpc) is 2.33. The number of nitrogens with zero attached hydrogens (tertiary/aromatic N) is 1. The summed E-state index contributed by atoms with van der Waals surface area (Å²) in [7, 11) is 1.77. The quantitative estimate of drug-likeness (QED) is 0.875. The molecule has 2 N–H and O–H groups in total. The zero-order chi connectivity index (χ0) is 13.7. The summed E-state index contributed by atoms with van der Waals surface area (Å²) in [6.45, 7) is 2.22. The largest absolute Gasteiger partial charge is 0.395 e. The number of anilines is 1. The Bertz CT molecular complexity index is 427. The number of hydrogen-bond donors (Lipinski definition) is 2. The molecule has 0 aliphatic heterocycles. The van der Waals surface area contributed by atoms with Crippen LogP contribution < -0.4 is 5.32 Å². The third-order valence-electron chi connectivity index (χ3n) is 2.68. The number of carbonyl (C=O) groups is 1. The summed E-state index contributed by atoms with van der Waals surface area (Å²) in [6, 6.07) is 4.57. The van der Waals surface area contributed by atoms with E-state index in [1.807, 2.05) is 0 Å². The van der Waals surface area contributed by atoms with E-state index < -0.39 is 0 Å². The Morgan fingerprint density at radius 3 is 2.67 bits per heavy atom. The minimum Gasteiger partial charge on any atom is -0.395 e. The second kappa shape index (κ2) is 6.95. The van der Waals surface area contributed by atoms with Crippen LogP contribution >= 0.6 is 23.2 Å². The van der Waals surface area contributed by atoms with Gasteiger partial charge in [0.05, 0.1) is 22.7 Å². The molecule has 1 unspecified atom stereocenters. The van der Waals surface area contributed by atoms with Crippen LogP contribution in [0.15, 0.2) is 18.2 Å². The van der Waals surface area contributed by atoms with E-state index in [-0.39, 0.29) is 18.6 Å². The fraction of sp³-hybridized carbons (Fsp3) is 0.417. The van der Waals surface area contributed by atoms with Crippen LogP contribution in [-0.2, 0) is 4.79 Å². The number of likely N-dealkylation sites (N-methyl/N-ethyl adjacent to an activating group) is 1. The molecule has 0 fully saturated rings. The normalized spacial score (nSPS) is 12.6. The summed E-state index contributed by atoms with van der Waals surface area (Å²) in [6.07, 6.45) is 0. The monoisotopic (exact) mass is 290 g/mol. The molecule has 0 aliphatic carbocycles. The molecule has 0 bridgehead atoms. The number of aliphatic hydroxyl groups is 1. The molecule has 1 amide bonds. The number of rotatable bonds is 5. The standard InChI is InChI=1S/C12H16Cl2N2O2/c1-8(16(2)5-6-17)12(18)15-9-3-4-10(13)11(14)7-9/h3-4,7-8,17H,5-6H2,1-2H3,(H,15,18). The van der Waals surface area contributed by atoms with E-state index in [0.29, 0.717) is 22.3 Å². The zero-order valence-electron chi connectivity index (χ0n) is 10.3. The summed E-state index contributed by atoms with van der Waals surface area (Å²) in [4.78, 5) is 13.7. The number of amides is 1. The van der Waals surface area contributed by atoms with Crippen molar-refractivity contribution in [3.05, 3.63) is 28.2 Å². The Balaban J connectivity index is 2.66. The molecule has 0 aliphatic rings. The first-order valence-electron chi connectivity index (χ1n) is 5.52. The van der Waals surface area contributed by atoms with Gasteiger partial charge < -0.3 is 10.4 Å². The van der Waals surface area contributed by atoms with Crippen molar-refractivity contribution >= 4 is 34.8 Å². The summed E-state index contributed by atoms with van der Waals surface area (Å²) in [5, 5.41) is 12.4. The third-order valence-corrected chi connectivity index (χ3v) is 3.42. The van der Waals surface area contributed by atoms with E-state index in [1.54, 1.807) is 37.1 Å². The fourth-order valence-corrected chi connectivity index (χ4v) is 1.67. The second-order valence-corrected chi connectivity index (χ2v) is 4.81. The maximum absolute atomic E-state index is 11.9. The molecule has 0 radical (unpaired) electrons. The van der Waals surface area contributed by atoms with E-state index in [1.165, 1.54) is 0 Å². The van der Waals surface area contributed by atoms with Gasteiger partial charge in [-0.05, 0) is 32.2 Å². The number of aliphatic hydroxyl groups excluding tert-OH is 1. The van der Waals surface area contributed by atoms with Gasteiger partial charge in [0.1, 0.15) is 0 Å². The first kappa shape index (κ1) is 15.2. The van der Waals surface area contributed by atoms with Gasteiger partial charge >= 0.3 is 0 Å². The molecule has 0 spiro atoms. The third kappa shape index (κ3) is 4.14. The molecule has 1 rings (SSSR count). The Hall–Kier alpha value is -0.810. The van der Waals surface area contributed by atoms with Crippen molar-refractivity contribution in [1.82, 2.24) is 4.90 Å². The summed E-state index contributed by atoms with van der Waals surface area (Å²) in [5.74, 6) is -0.163. The number of halogens is 2. The van der Waals surface area contributed by atoms with Gasteiger partial charge in [0.15, 0.2) is 0 Å². The van der Waals surface area contributed by atoms with Gasteiger partial charge in [-0.2, -0.15) is 0 Å². The van der Waals surface area contributed by atoms with Crippen molar-refractivity contribution in [2.24, 2.45) is 0 Å². The lowest BCUT2D eigenvalue weighted by atomic mass is 10.2. The number of hydrogen-bond acceptors (Lipinski definition) is 3. The predicted octanol–water partition coefficient (Wildman–Crippen LogP) is 2.24. The number of nitrogens with one attached hydrogen (secondary N) is 1. The van der Waals surface area contributed by atoms with Crippen LogP contribution in [0.5, 0.6) is 0 Å². The SMILES string of the molecule is CC(C(=O)Nc1ccc(Cl)c(Cl)c1)N(C)CCO. The minimum absolute atomic E-state index is 0.0148. The first-order valence-corrected chi connectivity index (χ1v) is 6.28. The Labute approximate surface area is 116 Å². The van der Waals surface area contributed by atoms with Crippen LogP contribution in [0, 0.1) is 0 Å². The number of benzene rings is 1. The highest BCUT2D eigenvalue weighted by Crippen LogP contribution is 2.25. The van der Waals surface area contributed by atoms with E-state index >= 15 is 0 Å². The van der Waals surface area contributed by atoms with Crippen LogP contribution in [0.25, 0.3) is 0 Å². The van der Waals surface area contributed by atoms with Crippen molar-refractivity contribution < 1.29 is 9.90 Å². The Kier molecular flexibility index (Phi) is 5.88. The highest BCUT2D eigenvalue weighted by atomic mass is 35.5. The van der Waals surface area contributed by atoms with Gasteiger partial charge in [-0.25, -0.2) is 0 Å². The average molecular weight is 291 g/mol. The maximum Gasteiger partial charge on any atom is 0.241 e. The molecular weight excluding hydrogens is 275 g/mol. The van der Waals surface area contributed by atoms with Crippen LogP contribution in [-0.4, -0.2) is 42.2 Å². The van der Waals surface area contributed by atoms with Gasteiger partial charge in [0.2, 0.25) is 5.91 Å². The minimum atomic E-state index is -0.341. The zero-order valence-corrected chi connectivity index (χ0v) is 11.8. The van der Waals surface area contributed by atoms with E-state index in [4.69, 9.17) is 28.3 Å². The summed E-state index contributed by atoms with van der Waals surface area (Å²) >= 11 is 11.7. The lowest BCUT2D eigenvalue weighted by Gasteiger charge is -2.22. The van der Waals surface area contributed by atoms with Crippen LogP contribution in [0.2, 0.25) is 10.0 Å². The summed E-state index contributed by atoms with van der Waals surface area (Å²) < 4.78 is 0. The second-order valence-electron chi connectivity index (χ2n) is 4.00. The van der Waals surface area contributed by atoms with Crippen LogP contribution in [0.4, 0.5) is 5.69 Å². The first-order chi connectivity index (χ1) is 8.45. The topological polar surface area (TPSA) is 52.6 Å². The van der Waals surface area contributed by atoms with Crippen molar-refractivity contribution in [2.45, 2.75) is 13.0 Å². The molecule has 0 saturated carbocycles. The van der Waals surface area contributed by atoms with Crippen molar-refractivity contribution in [1.29, 1.82) is 0 Å². The molecule has 100 valence electrons. The maximum atomic E-state index is 11.9. The van der Waals surface area contributed by atoms with E-state index in [9.17, 15) is 4.79 Å². The lowest BCUT2D eigenvalue weighted by Crippen LogP contribution is -2.40. The molecule has 0 saturated heterocycles. The van der Waals surface area contributed by atoms with E-state index in [2.05, 4.69) is 5.32 Å². The van der Waals surface area contributed by atoms with Gasteiger partial charge in [-0.15, -0.1) is 0 Å². The van der Waals surface area contributed by atoms with Gasteiger partial charge in [0.25, 0.3) is 0 Å². The Morgan fingerprint density at radius 2 is 2.11 bits per heavy atom. The molecule has 1 atom stereocenters. The highest BCUT2D eigenvalue weighted by Gasteiger charge is 2.17. The highest BCUT2D eigenvalue weighted by molar-refractivity contribution is 6.42. The fourth-order valence-electron chi connectivity index (χ4n) is 1.37. The van der Waals surface area contributed by atoms with E-state index in [0.717, 1.165) is 0 Å². The van der Waals surface area contributed by atoms with Gasteiger partial charge in [-0.3, -0.25) is 9.69 Å². The van der Waals surface area contributed by atoms with Crippen LogP contribution in [0.1, 0.15) is 6.92 Å². The molecule has 0 heterocycles. The van der Waals surface area contributed by atoms with Crippen LogP contribution in [0.3, 0.4) is 0 Å². The lowest BCUT2D eigenvalue weighted by molar-refractivity contribution is -0.120. The number of carbonyl (C=O) groups excluding carboxylic acids is 1. The molecule has 1 aromatic carbocycles. The molecule has 1 aromatic rings. The van der Waals surface area contributed by atoms with Crippen molar-refractivity contribution in [2.75, 3.05) is 25.5 Å². The molecule has 4 nitrogen and oxygen atoms in total. The smallest absolute Gasteiger partial charge is 0.241 e. The van der Waals surface area contributed by atoms with Crippen molar-refractivity contribution in [3.8, 4) is 0 Å². The van der Waals surface area contributed by atoms with Gasteiger partial charge in [0, 0.05) is 12.2 Å². The van der Waals surface area contributed by atoms with Gasteiger partial charge in [-0.1, -0.05) is 23.2 Å². The summed E-state index contributed by atoms with van der Waals surface area (Å²) in [5.41, 5.74) is 0.596.